The highest BCUT2D eigenvalue weighted by molar-refractivity contribution is 6.89. The van der Waals surface area contributed by atoms with Crippen molar-refractivity contribution in [3.05, 3.63) is 230 Å². The van der Waals surface area contributed by atoms with Crippen molar-refractivity contribution in [1.82, 2.24) is 0 Å². The third-order valence-corrected chi connectivity index (χ3v) is 20.7. The summed E-state index contributed by atoms with van der Waals surface area (Å²) >= 11 is 0. The molecule has 0 aliphatic heterocycles. The van der Waals surface area contributed by atoms with Crippen molar-refractivity contribution in [2.24, 2.45) is 0 Å². The highest BCUT2D eigenvalue weighted by atomic mass is 28.3. The van der Waals surface area contributed by atoms with E-state index in [4.69, 9.17) is 8.83 Å². The molecule has 374 valence electrons. The molecule has 2 heterocycles. The molecule has 14 rings (SSSR count). The van der Waals surface area contributed by atoms with Crippen molar-refractivity contribution in [3.63, 3.8) is 0 Å². The number of benzene rings is 11. The molecule has 1 aliphatic rings. The monoisotopic (exact) mass is 1030 g/mol. The molecule has 0 N–H and O–H groups in total. The summed E-state index contributed by atoms with van der Waals surface area (Å²) in [6, 6.07) is 81.3. The number of furan rings is 2. The van der Waals surface area contributed by atoms with E-state index in [0.29, 0.717) is 0 Å². The lowest BCUT2D eigenvalue weighted by Crippen LogP contribution is -2.37. The number of hydrogen-bond acceptors (Lipinski definition) is 4. The Balaban J connectivity index is 0.992. The van der Waals surface area contributed by atoms with Crippen LogP contribution in [-0.4, -0.2) is 16.1 Å². The lowest BCUT2D eigenvalue weighted by Gasteiger charge is -2.38. The number of hydrogen-bond donors (Lipinski definition) is 0. The Hall–Kier alpha value is -8.43. The van der Waals surface area contributed by atoms with E-state index >= 15 is 0 Å². The molecule has 0 saturated heterocycles. The van der Waals surface area contributed by atoms with Gasteiger partial charge in [0.25, 0.3) is 0 Å². The van der Waals surface area contributed by atoms with Crippen LogP contribution >= 0.6 is 0 Å². The summed E-state index contributed by atoms with van der Waals surface area (Å²) in [4.78, 5) is 4.88. The van der Waals surface area contributed by atoms with Gasteiger partial charge in [0, 0.05) is 61.1 Å². The molecule has 4 nitrogen and oxygen atoms in total. The topological polar surface area (TPSA) is 32.8 Å². The number of anilines is 6. The Morgan fingerprint density at radius 1 is 0.325 bits per heavy atom. The molecule has 0 amide bonds. The molecule has 1 aliphatic carbocycles. The van der Waals surface area contributed by atoms with Crippen LogP contribution in [0.15, 0.2) is 227 Å². The summed E-state index contributed by atoms with van der Waals surface area (Å²) in [7, 11) is -3.11. The van der Waals surface area contributed by atoms with Crippen LogP contribution in [0.25, 0.3) is 87.7 Å². The maximum Gasteiger partial charge on any atom is 0.135 e. The van der Waals surface area contributed by atoms with Gasteiger partial charge in [0.2, 0.25) is 0 Å². The van der Waals surface area contributed by atoms with Crippen molar-refractivity contribution in [3.8, 4) is 22.3 Å². The van der Waals surface area contributed by atoms with E-state index in [-0.39, 0.29) is 5.41 Å². The molecule has 0 spiro atoms. The van der Waals surface area contributed by atoms with E-state index in [9.17, 15) is 0 Å². The maximum absolute atomic E-state index is 6.37. The zero-order valence-electron chi connectivity index (χ0n) is 45.0. The first-order valence-corrected chi connectivity index (χ1v) is 34.1. The normalized spacial score (nSPS) is 13.3. The highest BCUT2D eigenvalue weighted by Crippen LogP contribution is 2.56. The van der Waals surface area contributed by atoms with Gasteiger partial charge < -0.3 is 18.6 Å². The SMILES string of the molecule is CC1(C)c2cc(N(c3ccc([Si](C)(C)C)cc3)c3ccc4oc5ccccc5c4c3)ccc2-c2c(-c3ccccc3)c3ccc(N(c4ccc([Si](C)(C)C)cc4)c4ccc5oc6ccccc6c5c4)cc3c3cccc1c23. The van der Waals surface area contributed by atoms with Gasteiger partial charge in [0.1, 0.15) is 22.3 Å². The average Bonchev–Trinajstić information content (AvgIpc) is 4.07. The lowest BCUT2D eigenvalue weighted by atomic mass is 9.66. The van der Waals surface area contributed by atoms with E-state index in [0.717, 1.165) is 78.0 Å². The number of nitrogens with zero attached hydrogens (tertiary/aromatic N) is 2. The molecule has 0 atom stereocenters. The minimum atomic E-state index is -1.56. The minimum Gasteiger partial charge on any atom is -0.456 e. The van der Waals surface area contributed by atoms with Crippen LogP contribution in [-0.2, 0) is 5.41 Å². The van der Waals surface area contributed by atoms with Crippen molar-refractivity contribution in [2.45, 2.75) is 58.5 Å². The van der Waals surface area contributed by atoms with Crippen LogP contribution in [0.1, 0.15) is 25.0 Å². The van der Waals surface area contributed by atoms with Gasteiger partial charge >= 0.3 is 0 Å². The van der Waals surface area contributed by atoms with Gasteiger partial charge in [-0.1, -0.05) is 185 Å². The minimum absolute atomic E-state index is 0.359. The van der Waals surface area contributed by atoms with Gasteiger partial charge in [-0.25, -0.2) is 0 Å². The van der Waals surface area contributed by atoms with Crippen molar-refractivity contribution in [2.75, 3.05) is 9.80 Å². The van der Waals surface area contributed by atoms with Crippen LogP contribution in [0.2, 0.25) is 39.3 Å². The Morgan fingerprint density at radius 3 is 1.31 bits per heavy atom. The summed E-state index contributed by atoms with van der Waals surface area (Å²) in [5.74, 6) is 0. The molecule has 0 bridgehead atoms. The Morgan fingerprint density at radius 2 is 0.766 bits per heavy atom. The molecule has 11 aromatic carbocycles. The fraction of sp³-hybridized carbons (Fsp3) is 0.127. The van der Waals surface area contributed by atoms with Gasteiger partial charge in [-0.15, -0.1) is 0 Å². The van der Waals surface area contributed by atoms with Crippen molar-refractivity contribution in [1.29, 1.82) is 0 Å². The predicted octanol–water partition coefficient (Wildman–Crippen LogP) is 19.8. The quantitative estimate of drug-likeness (QED) is 0.107. The predicted molar refractivity (Wildman–Crippen MR) is 334 cm³/mol. The summed E-state index contributed by atoms with van der Waals surface area (Å²) in [6.07, 6.45) is 0. The third kappa shape index (κ3) is 7.60. The van der Waals surface area contributed by atoms with E-state index in [1.54, 1.807) is 0 Å². The molecule has 0 saturated carbocycles. The zero-order valence-corrected chi connectivity index (χ0v) is 47.0. The second kappa shape index (κ2) is 17.3. The summed E-state index contributed by atoms with van der Waals surface area (Å²) in [5, 5.41) is 12.4. The summed E-state index contributed by atoms with van der Waals surface area (Å²) < 4.78 is 12.7. The summed E-state index contributed by atoms with van der Waals surface area (Å²) in [6.45, 7) is 19.4. The van der Waals surface area contributed by atoms with Crippen molar-refractivity contribution >= 4 is 126 Å². The van der Waals surface area contributed by atoms with Gasteiger partial charge in [0.05, 0.1) is 16.1 Å². The first-order valence-electron chi connectivity index (χ1n) is 27.1. The molecule has 77 heavy (non-hydrogen) atoms. The number of rotatable bonds is 9. The van der Waals surface area contributed by atoms with Gasteiger partial charge in [-0.3, -0.25) is 0 Å². The summed E-state index contributed by atoms with van der Waals surface area (Å²) in [5.41, 5.74) is 17.5. The Kier molecular flexibility index (Phi) is 10.6. The maximum atomic E-state index is 6.37. The van der Waals surface area contributed by atoms with Crippen LogP contribution in [0.3, 0.4) is 0 Å². The molecule has 0 radical (unpaired) electrons. The fourth-order valence-electron chi connectivity index (χ4n) is 12.5. The second-order valence-electron chi connectivity index (χ2n) is 23.8. The molecule has 0 fully saturated rings. The van der Waals surface area contributed by atoms with Crippen LogP contribution in [0.5, 0.6) is 0 Å². The molecular formula is C71H60N2O2Si2. The largest absolute Gasteiger partial charge is 0.456 e. The van der Waals surface area contributed by atoms with Gasteiger partial charge in [-0.2, -0.15) is 0 Å². The zero-order chi connectivity index (χ0) is 52.5. The number of fused-ring (bicyclic) bond motifs is 10. The smallest absolute Gasteiger partial charge is 0.135 e. The fourth-order valence-corrected chi connectivity index (χ4v) is 14.8. The van der Waals surface area contributed by atoms with E-state index in [1.165, 1.54) is 65.3 Å². The molecule has 13 aromatic rings. The Labute approximate surface area is 452 Å². The van der Waals surface area contributed by atoms with Crippen LogP contribution < -0.4 is 20.2 Å². The van der Waals surface area contributed by atoms with Crippen LogP contribution in [0.4, 0.5) is 34.1 Å². The second-order valence-corrected chi connectivity index (χ2v) is 33.9. The third-order valence-electron chi connectivity index (χ3n) is 16.5. The molecular weight excluding hydrogens is 969 g/mol. The average molecular weight is 1030 g/mol. The standard InChI is InChI=1S/C71H60N2O2Si2/c1-71(2)62-22-16-21-56-59-41-48(72(46-25-33-52(34-26-46)76(3,4)5)49-31-39-66-60(42-49)54-19-12-14-23-64(54)74-66)29-37-57(59)68(45-17-10-9-11-18-45)70(69(56)62)58-38-30-51(44-63(58)71)73(47-27-35-53(36-28-47)77(6,7)8)50-32-40-67-61(43-50)55-20-13-15-24-65(55)75-67/h9-44H,1-8H3. The molecule has 2 aromatic heterocycles. The Bertz CT molecular complexity index is 4500. The lowest BCUT2D eigenvalue weighted by molar-refractivity contribution is 0.645. The van der Waals surface area contributed by atoms with E-state index in [1.807, 2.05) is 12.1 Å². The first-order chi connectivity index (χ1) is 37.2. The molecule has 0 unspecified atom stereocenters. The number of para-hydroxylation sites is 2. The van der Waals surface area contributed by atoms with E-state index < -0.39 is 16.1 Å². The van der Waals surface area contributed by atoms with Gasteiger partial charge in [-0.05, 0) is 152 Å². The molecule has 6 heteroatoms. The highest BCUT2D eigenvalue weighted by Gasteiger charge is 2.37. The van der Waals surface area contributed by atoms with Gasteiger partial charge in [0.15, 0.2) is 0 Å². The van der Waals surface area contributed by atoms with Crippen LogP contribution in [0, 0.1) is 0 Å². The van der Waals surface area contributed by atoms with Crippen molar-refractivity contribution < 1.29 is 8.83 Å². The van der Waals surface area contributed by atoms with E-state index in [2.05, 4.69) is 269 Å². The first kappa shape index (κ1) is 47.1.